The molecule has 1 aromatic carbocycles. The predicted molar refractivity (Wildman–Crippen MR) is 134 cm³/mol. The maximum Gasteiger partial charge on any atom is 0.417 e. The van der Waals surface area contributed by atoms with Crippen LogP contribution in [0.25, 0.3) is 5.65 Å². The Kier molecular flexibility index (Phi) is 5.82. The van der Waals surface area contributed by atoms with Crippen molar-refractivity contribution in [1.29, 1.82) is 0 Å². The van der Waals surface area contributed by atoms with Gasteiger partial charge in [-0.05, 0) is 48.9 Å². The van der Waals surface area contributed by atoms with Gasteiger partial charge >= 0.3 is 6.18 Å². The second-order valence-corrected chi connectivity index (χ2v) is 10.6. The zero-order valence-corrected chi connectivity index (χ0v) is 20.7. The molecule has 5 heterocycles. The number of likely N-dealkylation sites (tertiary alicyclic amines) is 1. The minimum Gasteiger partial charge on any atom is -0.389 e. The van der Waals surface area contributed by atoms with Gasteiger partial charge in [0.2, 0.25) is 0 Å². The summed E-state index contributed by atoms with van der Waals surface area (Å²) >= 11 is 0. The molecular formula is C27H30F3N5O2. The van der Waals surface area contributed by atoms with E-state index in [1.807, 2.05) is 22.7 Å². The average Bonchev–Trinajstić information content (AvgIpc) is 3.27. The standard InChI is InChI=1S/C27H30F3N5O2/c1-17-12-32(13-17)23-11-25(33-15-19(36)16-33)35-14-18(10-24(35)31-23)22-8-4-5-9-34(22)26(37)20-6-2-3-7-21(20)27(28,29)30/h2-3,6-7,10-11,14,17,19,22,36H,4-5,8-9,12-13,15-16H2,1H3/t22-/m0/s1. The van der Waals surface area contributed by atoms with E-state index in [4.69, 9.17) is 4.98 Å². The highest BCUT2D eigenvalue weighted by molar-refractivity contribution is 5.96. The summed E-state index contributed by atoms with van der Waals surface area (Å²) in [6, 6.07) is 8.67. The van der Waals surface area contributed by atoms with Crippen LogP contribution < -0.4 is 9.80 Å². The fourth-order valence-corrected chi connectivity index (χ4v) is 5.78. The molecule has 3 saturated heterocycles. The molecule has 3 aliphatic rings. The molecule has 0 bridgehead atoms. The summed E-state index contributed by atoms with van der Waals surface area (Å²) < 4.78 is 43.0. The summed E-state index contributed by atoms with van der Waals surface area (Å²) in [5, 5.41) is 9.91. The summed E-state index contributed by atoms with van der Waals surface area (Å²) in [4.78, 5) is 24.3. The van der Waals surface area contributed by atoms with E-state index in [9.17, 15) is 23.1 Å². The number of benzene rings is 1. The number of halogens is 3. The first kappa shape index (κ1) is 24.1. The number of amides is 1. The molecule has 37 heavy (non-hydrogen) atoms. The van der Waals surface area contributed by atoms with Crippen LogP contribution in [0, 0.1) is 5.92 Å². The zero-order valence-electron chi connectivity index (χ0n) is 20.7. The number of alkyl halides is 3. The lowest BCUT2D eigenvalue weighted by atomic mass is 9.95. The van der Waals surface area contributed by atoms with Crippen LogP contribution in [0.2, 0.25) is 0 Å². The van der Waals surface area contributed by atoms with Crippen molar-refractivity contribution in [3.63, 3.8) is 0 Å². The van der Waals surface area contributed by atoms with Gasteiger partial charge in [0.15, 0.2) is 0 Å². The van der Waals surface area contributed by atoms with Gasteiger partial charge < -0.3 is 19.8 Å². The van der Waals surface area contributed by atoms with Crippen LogP contribution in [0.5, 0.6) is 0 Å². The smallest absolute Gasteiger partial charge is 0.389 e. The molecule has 0 saturated carbocycles. The number of hydrogen-bond donors (Lipinski definition) is 1. The summed E-state index contributed by atoms with van der Waals surface area (Å²) in [6.07, 6.45) is -0.714. The summed E-state index contributed by atoms with van der Waals surface area (Å²) in [7, 11) is 0. The molecular weight excluding hydrogens is 483 g/mol. The van der Waals surface area contributed by atoms with Crippen LogP contribution in [-0.4, -0.2) is 64.1 Å². The predicted octanol–water partition coefficient (Wildman–Crippen LogP) is 4.36. The van der Waals surface area contributed by atoms with E-state index < -0.39 is 17.6 Å². The minimum absolute atomic E-state index is 0.312. The Bertz CT molecular complexity index is 1330. The Morgan fingerprint density at radius 1 is 1.05 bits per heavy atom. The number of fused-ring (bicyclic) bond motifs is 1. The van der Waals surface area contributed by atoms with E-state index in [-0.39, 0.29) is 17.7 Å². The lowest BCUT2D eigenvalue weighted by Gasteiger charge is -2.41. The molecule has 196 valence electrons. The van der Waals surface area contributed by atoms with Crippen molar-refractivity contribution in [1.82, 2.24) is 14.3 Å². The Balaban J connectivity index is 1.38. The number of aromatic nitrogens is 2. The highest BCUT2D eigenvalue weighted by Crippen LogP contribution is 2.38. The molecule has 1 N–H and O–H groups in total. The number of anilines is 2. The van der Waals surface area contributed by atoms with Crippen LogP contribution >= 0.6 is 0 Å². The molecule has 6 rings (SSSR count). The molecule has 10 heteroatoms. The van der Waals surface area contributed by atoms with Crippen molar-refractivity contribution < 1.29 is 23.1 Å². The first-order valence-electron chi connectivity index (χ1n) is 12.9. The number of aliphatic hydroxyl groups is 1. The van der Waals surface area contributed by atoms with Crippen molar-refractivity contribution in [3.8, 4) is 0 Å². The summed E-state index contributed by atoms with van der Waals surface area (Å²) in [5.74, 6) is 1.81. The van der Waals surface area contributed by atoms with Crippen LogP contribution in [0.15, 0.2) is 42.6 Å². The van der Waals surface area contributed by atoms with Crippen LogP contribution in [0.3, 0.4) is 0 Å². The average molecular weight is 514 g/mol. The van der Waals surface area contributed by atoms with Gasteiger partial charge in [-0.2, -0.15) is 13.2 Å². The van der Waals surface area contributed by atoms with E-state index in [2.05, 4.69) is 16.7 Å². The van der Waals surface area contributed by atoms with Crippen molar-refractivity contribution in [3.05, 3.63) is 59.3 Å². The minimum atomic E-state index is -4.60. The second-order valence-electron chi connectivity index (χ2n) is 10.6. The Morgan fingerprint density at radius 2 is 1.81 bits per heavy atom. The van der Waals surface area contributed by atoms with Gasteiger partial charge in [0.25, 0.3) is 5.91 Å². The van der Waals surface area contributed by atoms with E-state index in [1.165, 1.54) is 18.2 Å². The molecule has 2 aromatic heterocycles. The molecule has 0 spiro atoms. The molecule has 1 amide bonds. The lowest BCUT2D eigenvalue weighted by Crippen LogP contribution is -2.51. The molecule has 3 fully saturated rings. The maximum absolute atomic E-state index is 13.7. The SMILES string of the molecule is CC1CN(c2cc(N3CC(O)C3)n3cc([C@@H]4CCCCN4C(=O)c4ccccc4C(F)(F)F)cc3n2)C1. The fraction of sp³-hybridized carbons (Fsp3) is 0.481. The molecule has 0 radical (unpaired) electrons. The van der Waals surface area contributed by atoms with Crippen molar-refractivity contribution in [2.75, 3.05) is 42.5 Å². The number of rotatable bonds is 4. The van der Waals surface area contributed by atoms with Crippen molar-refractivity contribution in [2.45, 2.75) is 44.5 Å². The molecule has 3 aromatic rings. The number of carbonyl (C=O) groups excluding carboxylic acids is 1. The second kappa shape index (κ2) is 8.93. The van der Waals surface area contributed by atoms with Gasteiger partial charge in [0.05, 0.1) is 23.3 Å². The molecule has 7 nitrogen and oxygen atoms in total. The van der Waals surface area contributed by atoms with Crippen molar-refractivity contribution in [2.24, 2.45) is 5.92 Å². The first-order chi connectivity index (χ1) is 17.7. The van der Waals surface area contributed by atoms with Gasteiger partial charge in [-0.25, -0.2) is 4.98 Å². The normalized spacial score (nSPS) is 21.3. The van der Waals surface area contributed by atoms with E-state index in [0.29, 0.717) is 32.0 Å². The third-order valence-corrected chi connectivity index (χ3v) is 7.74. The van der Waals surface area contributed by atoms with Crippen LogP contribution in [0.4, 0.5) is 24.8 Å². The van der Waals surface area contributed by atoms with Crippen LogP contribution in [-0.2, 0) is 6.18 Å². The Morgan fingerprint density at radius 3 is 2.51 bits per heavy atom. The Labute approximate surface area is 213 Å². The van der Waals surface area contributed by atoms with Gasteiger partial charge in [-0.3, -0.25) is 9.20 Å². The monoisotopic (exact) mass is 513 g/mol. The lowest BCUT2D eigenvalue weighted by molar-refractivity contribution is -0.138. The molecule has 0 unspecified atom stereocenters. The highest BCUT2D eigenvalue weighted by Gasteiger charge is 2.38. The molecule has 1 atom stereocenters. The maximum atomic E-state index is 13.7. The number of carbonyl (C=O) groups is 1. The Hall–Kier alpha value is -3.27. The summed E-state index contributed by atoms with van der Waals surface area (Å²) in [6.45, 7) is 5.53. The molecule has 3 aliphatic heterocycles. The number of hydrogen-bond acceptors (Lipinski definition) is 5. The largest absolute Gasteiger partial charge is 0.417 e. The fourth-order valence-electron chi connectivity index (χ4n) is 5.78. The number of aliphatic hydroxyl groups excluding tert-OH is 1. The number of piperidine rings is 1. The first-order valence-corrected chi connectivity index (χ1v) is 12.9. The summed E-state index contributed by atoms with van der Waals surface area (Å²) in [5.41, 5.74) is 0.381. The van der Waals surface area contributed by atoms with Gasteiger partial charge in [-0.1, -0.05) is 19.1 Å². The zero-order chi connectivity index (χ0) is 25.9. The molecule has 0 aliphatic carbocycles. The quantitative estimate of drug-likeness (QED) is 0.562. The van der Waals surface area contributed by atoms with Gasteiger partial charge in [0.1, 0.15) is 17.3 Å². The van der Waals surface area contributed by atoms with E-state index in [1.54, 1.807) is 4.90 Å². The number of nitrogens with zero attached hydrogens (tertiary/aromatic N) is 5. The third kappa shape index (κ3) is 4.31. The van der Waals surface area contributed by atoms with Crippen molar-refractivity contribution >= 4 is 23.2 Å². The van der Waals surface area contributed by atoms with Crippen LogP contribution in [0.1, 0.15) is 53.7 Å². The van der Waals surface area contributed by atoms with Gasteiger partial charge in [-0.15, -0.1) is 0 Å². The third-order valence-electron chi connectivity index (χ3n) is 7.74. The van der Waals surface area contributed by atoms with Gasteiger partial charge in [0, 0.05) is 45.0 Å². The van der Waals surface area contributed by atoms with E-state index in [0.717, 1.165) is 54.8 Å². The van der Waals surface area contributed by atoms with E-state index >= 15 is 0 Å². The topological polar surface area (TPSA) is 64.3 Å². The highest BCUT2D eigenvalue weighted by atomic mass is 19.4. The number of β-amino-alcohol motifs (C(OH)–C–C–N with tert-alkyl or cyclic N) is 1.